The Labute approximate surface area is 180 Å². The molecule has 1 amide bonds. The molecule has 3 heterocycles. The molecule has 2 aromatic rings. The Bertz CT molecular complexity index is 952. The number of alkyl halides is 2. The third-order valence-electron chi connectivity index (χ3n) is 6.62. The predicted molar refractivity (Wildman–Crippen MR) is 114 cm³/mol. The van der Waals surface area contributed by atoms with Gasteiger partial charge in [-0.05, 0) is 36.5 Å². The number of pyridine rings is 2. The number of likely N-dealkylation sites (tertiary alicyclic amines) is 1. The average Bonchev–Trinajstić information content (AvgIpc) is 2.72. The number of piperidine rings is 1. The monoisotopic (exact) mass is 430 g/mol. The molecular weight excluding hydrogens is 402 g/mol. The normalized spacial score (nSPS) is 22.5. The number of carbonyl (C=O) groups excluding carboxylic acids is 1. The first kappa shape index (κ1) is 21.6. The van der Waals surface area contributed by atoms with E-state index in [0.717, 1.165) is 17.9 Å². The summed E-state index contributed by atoms with van der Waals surface area (Å²) >= 11 is 0. The summed E-state index contributed by atoms with van der Waals surface area (Å²) in [6.45, 7) is 1.87. The van der Waals surface area contributed by atoms with Crippen molar-refractivity contribution in [1.82, 2.24) is 14.9 Å². The van der Waals surface area contributed by atoms with Gasteiger partial charge in [-0.2, -0.15) is 0 Å². The van der Waals surface area contributed by atoms with E-state index in [2.05, 4.69) is 15.3 Å². The van der Waals surface area contributed by atoms with Crippen LogP contribution in [0.25, 0.3) is 0 Å². The largest absolute Gasteiger partial charge is 0.329 e. The number of anilines is 1. The molecule has 1 aliphatic heterocycles. The van der Waals surface area contributed by atoms with Gasteiger partial charge in [0.1, 0.15) is 5.82 Å². The van der Waals surface area contributed by atoms with Gasteiger partial charge >= 0.3 is 0 Å². The second-order valence-electron chi connectivity index (χ2n) is 8.76. The Balaban J connectivity index is 1.38. The van der Waals surface area contributed by atoms with Crippen molar-refractivity contribution in [3.63, 3.8) is 0 Å². The van der Waals surface area contributed by atoms with Crippen LogP contribution in [0.15, 0.2) is 41.5 Å². The predicted octanol–water partition coefficient (Wildman–Crippen LogP) is 3.56. The molecule has 8 heteroatoms. The van der Waals surface area contributed by atoms with E-state index < -0.39 is 17.9 Å². The van der Waals surface area contributed by atoms with E-state index in [-0.39, 0.29) is 31.0 Å². The molecule has 2 unspecified atom stereocenters. The lowest BCUT2D eigenvalue weighted by molar-refractivity contribution is -0.125. The number of H-pyrrole nitrogens is 1. The van der Waals surface area contributed by atoms with Crippen LogP contribution in [0.4, 0.5) is 14.6 Å². The molecular formula is C23H28F2N4O2. The van der Waals surface area contributed by atoms with E-state index in [1.807, 2.05) is 6.07 Å². The minimum absolute atomic E-state index is 0.0292. The van der Waals surface area contributed by atoms with Crippen LogP contribution >= 0.6 is 0 Å². The zero-order valence-corrected chi connectivity index (χ0v) is 17.6. The molecule has 166 valence electrons. The van der Waals surface area contributed by atoms with Gasteiger partial charge in [0, 0.05) is 38.0 Å². The van der Waals surface area contributed by atoms with E-state index in [9.17, 15) is 18.4 Å². The Kier molecular flexibility index (Phi) is 6.18. The first-order valence-electron chi connectivity index (χ1n) is 10.9. The zero-order valence-electron chi connectivity index (χ0n) is 17.6. The van der Waals surface area contributed by atoms with Crippen molar-refractivity contribution >= 4 is 11.7 Å². The van der Waals surface area contributed by atoms with Crippen LogP contribution in [0.5, 0.6) is 0 Å². The molecule has 2 fully saturated rings. The van der Waals surface area contributed by atoms with E-state index >= 15 is 0 Å². The number of nitrogens with one attached hydrogen (secondary N) is 2. The van der Waals surface area contributed by atoms with E-state index in [4.69, 9.17) is 0 Å². The van der Waals surface area contributed by atoms with E-state index in [1.165, 1.54) is 37.6 Å². The Hall–Kier alpha value is -2.61. The highest BCUT2D eigenvalue weighted by molar-refractivity contribution is 5.93. The minimum Gasteiger partial charge on any atom is -0.329 e. The number of hydrogen-bond donors (Lipinski definition) is 2. The molecule has 0 bridgehead atoms. The maximum atomic E-state index is 14.6. The molecule has 6 nitrogen and oxygen atoms in total. The number of aromatic nitrogens is 2. The van der Waals surface area contributed by atoms with Crippen LogP contribution in [0.1, 0.15) is 49.7 Å². The molecule has 31 heavy (non-hydrogen) atoms. The fourth-order valence-electron chi connectivity index (χ4n) is 4.31. The third-order valence-corrected chi connectivity index (χ3v) is 6.62. The molecule has 2 aromatic heterocycles. The molecule has 2 N–H and O–H groups in total. The summed E-state index contributed by atoms with van der Waals surface area (Å²) in [5, 5.41) is 2.80. The van der Waals surface area contributed by atoms with Crippen LogP contribution in [0, 0.1) is 5.92 Å². The smallest absolute Gasteiger partial charge is 0.257 e. The molecule has 1 aliphatic carbocycles. The highest BCUT2D eigenvalue weighted by Gasteiger charge is 2.46. The molecule has 2 aliphatic rings. The summed E-state index contributed by atoms with van der Waals surface area (Å²) in [5.41, 5.74) is 1.20. The van der Waals surface area contributed by atoms with Crippen molar-refractivity contribution in [1.29, 1.82) is 0 Å². The van der Waals surface area contributed by atoms with Crippen molar-refractivity contribution in [2.75, 3.05) is 18.4 Å². The SMILES string of the molecule is CC(C(=O)Nc1ccc(CC2CCC2)cn1)N1CCC(F)(F)C(c2ccc(=O)[nH]c2)C1. The number of amides is 1. The van der Waals surface area contributed by atoms with Gasteiger partial charge in [0.25, 0.3) is 5.92 Å². The lowest BCUT2D eigenvalue weighted by atomic mass is 9.81. The van der Waals surface area contributed by atoms with Crippen molar-refractivity contribution < 1.29 is 13.6 Å². The Morgan fingerprint density at radius 3 is 2.74 bits per heavy atom. The summed E-state index contributed by atoms with van der Waals surface area (Å²) in [4.78, 5) is 32.6. The highest BCUT2D eigenvalue weighted by Crippen LogP contribution is 2.40. The van der Waals surface area contributed by atoms with Crippen molar-refractivity contribution in [3.8, 4) is 0 Å². The zero-order chi connectivity index (χ0) is 22.0. The molecule has 1 saturated carbocycles. The summed E-state index contributed by atoms with van der Waals surface area (Å²) < 4.78 is 29.1. The van der Waals surface area contributed by atoms with Crippen LogP contribution in [-0.2, 0) is 11.2 Å². The second-order valence-corrected chi connectivity index (χ2v) is 8.76. The summed E-state index contributed by atoms with van der Waals surface area (Å²) in [5.74, 6) is -3.05. The quantitative estimate of drug-likeness (QED) is 0.735. The molecule has 0 spiro atoms. The van der Waals surface area contributed by atoms with Crippen molar-refractivity contribution in [2.24, 2.45) is 5.92 Å². The standard InChI is InChI=1S/C23H28F2N4O2/c1-15(22(31)28-20-7-5-17(12-26-20)11-16-3-2-4-16)29-10-9-23(24,25)19(14-29)18-6-8-21(30)27-13-18/h5-8,12-13,15-16,19H,2-4,9-11,14H2,1H3,(H,27,30)(H,26,28,31). The Morgan fingerprint density at radius 2 is 2.13 bits per heavy atom. The average molecular weight is 430 g/mol. The van der Waals surface area contributed by atoms with Crippen LogP contribution < -0.4 is 10.9 Å². The van der Waals surface area contributed by atoms with Crippen LogP contribution in [0.3, 0.4) is 0 Å². The van der Waals surface area contributed by atoms with Crippen LogP contribution in [0.2, 0.25) is 0 Å². The number of halogens is 2. The maximum Gasteiger partial charge on any atom is 0.257 e. The second kappa shape index (κ2) is 8.86. The topological polar surface area (TPSA) is 78.1 Å². The van der Waals surface area contributed by atoms with Gasteiger partial charge in [0.2, 0.25) is 11.5 Å². The molecule has 0 aromatic carbocycles. The van der Waals surface area contributed by atoms with Gasteiger partial charge in [0.05, 0.1) is 12.0 Å². The molecule has 4 rings (SSSR count). The van der Waals surface area contributed by atoms with E-state index in [1.54, 1.807) is 24.1 Å². The highest BCUT2D eigenvalue weighted by atomic mass is 19.3. The summed E-state index contributed by atoms with van der Waals surface area (Å²) in [7, 11) is 0. The lowest BCUT2D eigenvalue weighted by Gasteiger charge is -2.40. The number of rotatable bonds is 6. The summed E-state index contributed by atoms with van der Waals surface area (Å²) in [6, 6.07) is 5.88. The lowest BCUT2D eigenvalue weighted by Crippen LogP contribution is -2.52. The fraction of sp³-hybridized carbons (Fsp3) is 0.522. The first-order valence-corrected chi connectivity index (χ1v) is 10.9. The number of carbonyl (C=O) groups is 1. The van der Waals surface area contributed by atoms with Crippen LogP contribution in [-0.4, -0.2) is 45.8 Å². The summed E-state index contributed by atoms with van der Waals surface area (Å²) in [6.07, 6.45) is 7.65. The number of hydrogen-bond acceptors (Lipinski definition) is 4. The Morgan fingerprint density at radius 1 is 1.32 bits per heavy atom. The van der Waals surface area contributed by atoms with Gasteiger partial charge in [-0.15, -0.1) is 0 Å². The maximum absolute atomic E-state index is 14.6. The molecule has 2 atom stereocenters. The van der Waals surface area contributed by atoms with E-state index in [0.29, 0.717) is 11.4 Å². The third kappa shape index (κ3) is 5.01. The van der Waals surface area contributed by atoms with Crippen molar-refractivity contribution in [3.05, 3.63) is 58.1 Å². The minimum atomic E-state index is -2.90. The van der Waals surface area contributed by atoms with Crippen molar-refractivity contribution in [2.45, 2.75) is 56.9 Å². The van der Waals surface area contributed by atoms with Gasteiger partial charge in [0.15, 0.2) is 0 Å². The fourth-order valence-corrected chi connectivity index (χ4v) is 4.31. The van der Waals surface area contributed by atoms with Gasteiger partial charge in [-0.3, -0.25) is 14.5 Å². The van der Waals surface area contributed by atoms with Gasteiger partial charge in [-0.1, -0.05) is 31.4 Å². The molecule has 0 radical (unpaired) electrons. The first-order chi connectivity index (χ1) is 14.8. The van der Waals surface area contributed by atoms with Gasteiger partial charge in [-0.25, -0.2) is 13.8 Å². The molecule has 1 saturated heterocycles. The van der Waals surface area contributed by atoms with Gasteiger partial charge < -0.3 is 10.3 Å². The number of aromatic amines is 1. The number of nitrogens with zero attached hydrogens (tertiary/aromatic N) is 2.